The van der Waals surface area contributed by atoms with Crippen LogP contribution in [-0.2, 0) is 0 Å². The number of hydrogen-bond donors (Lipinski definition) is 2. The number of benzene rings is 1. The summed E-state index contributed by atoms with van der Waals surface area (Å²) in [5, 5.41) is 12.0. The van der Waals surface area contributed by atoms with E-state index >= 15 is 0 Å². The minimum atomic E-state index is -0.101. The fourth-order valence-corrected chi connectivity index (χ4v) is 2.14. The number of aliphatic hydroxyl groups is 1. The SMILES string of the molecule is CCOc1ccc(C(=O)N[C@@H]2C=C[C@H](CO)C2)cc1. The molecule has 0 bridgehead atoms. The highest BCUT2D eigenvalue weighted by molar-refractivity contribution is 5.94. The van der Waals surface area contributed by atoms with Crippen molar-refractivity contribution in [3.8, 4) is 5.75 Å². The van der Waals surface area contributed by atoms with Gasteiger partial charge in [0, 0.05) is 24.1 Å². The zero-order chi connectivity index (χ0) is 13.7. The van der Waals surface area contributed by atoms with Gasteiger partial charge in [-0.3, -0.25) is 4.79 Å². The monoisotopic (exact) mass is 261 g/mol. The summed E-state index contributed by atoms with van der Waals surface area (Å²) in [6.45, 7) is 2.66. The Morgan fingerprint density at radius 3 is 2.68 bits per heavy atom. The quantitative estimate of drug-likeness (QED) is 0.794. The summed E-state index contributed by atoms with van der Waals surface area (Å²) in [4.78, 5) is 12.0. The van der Waals surface area contributed by atoms with E-state index < -0.39 is 0 Å². The van der Waals surface area contributed by atoms with Gasteiger partial charge in [0.25, 0.3) is 5.91 Å². The third-order valence-corrected chi connectivity index (χ3v) is 3.15. The van der Waals surface area contributed by atoms with Gasteiger partial charge in [-0.2, -0.15) is 0 Å². The minimum Gasteiger partial charge on any atom is -0.494 e. The molecule has 0 fully saturated rings. The van der Waals surface area contributed by atoms with E-state index in [4.69, 9.17) is 9.84 Å². The molecule has 0 spiro atoms. The Morgan fingerprint density at radius 2 is 2.11 bits per heavy atom. The summed E-state index contributed by atoms with van der Waals surface area (Å²) in [7, 11) is 0. The normalized spacial score (nSPS) is 21.4. The number of rotatable bonds is 5. The van der Waals surface area contributed by atoms with Crippen molar-refractivity contribution in [3.05, 3.63) is 42.0 Å². The number of hydrogen-bond acceptors (Lipinski definition) is 3. The number of carbonyl (C=O) groups is 1. The standard InChI is InChI=1S/C15H19NO3/c1-2-19-14-7-4-12(5-8-14)15(18)16-13-6-3-11(9-13)10-17/h3-8,11,13,17H,2,9-10H2,1H3,(H,16,18)/t11-,13+/m0/s1. The average Bonchev–Trinajstić information content (AvgIpc) is 2.87. The smallest absolute Gasteiger partial charge is 0.251 e. The van der Waals surface area contributed by atoms with Gasteiger partial charge in [0.2, 0.25) is 0 Å². The maximum Gasteiger partial charge on any atom is 0.251 e. The average molecular weight is 261 g/mol. The molecule has 2 atom stereocenters. The van der Waals surface area contributed by atoms with Crippen LogP contribution in [0.15, 0.2) is 36.4 Å². The predicted octanol–water partition coefficient (Wildman–Crippen LogP) is 1.75. The molecule has 0 saturated carbocycles. The van der Waals surface area contributed by atoms with E-state index in [-0.39, 0.29) is 24.5 Å². The first-order valence-electron chi connectivity index (χ1n) is 6.56. The van der Waals surface area contributed by atoms with Gasteiger partial charge in [-0.1, -0.05) is 12.2 Å². The van der Waals surface area contributed by atoms with Gasteiger partial charge in [0.05, 0.1) is 6.61 Å². The Labute approximate surface area is 113 Å². The minimum absolute atomic E-state index is 0.0104. The van der Waals surface area contributed by atoms with Gasteiger partial charge in [0.15, 0.2) is 0 Å². The third-order valence-electron chi connectivity index (χ3n) is 3.15. The van der Waals surface area contributed by atoms with E-state index in [0.717, 1.165) is 12.2 Å². The molecule has 4 nitrogen and oxygen atoms in total. The Balaban J connectivity index is 1.91. The van der Waals surface area contributed by atoms with Crippen LogP contribution in [0.5, 0.6) is 5.75 Å². The highest BCUT2D eigenvalue weighted by Gasteiger charge is 2.20. The van der Waals surface area contributed by atoms with Crippen LogP contribution in [0.3, 0.4) is 0 Å². The molecule has 1 aliphatic rings. The first kappa shape index (κ1) is 13.6. The van der Waals surface area contributed by atoms with Crippen LogP contribution in [-0.4, -0.2) is 30.3 Å². The molecule has 0 saturated heterocycles. The van der Waals surface area contributed by atoms with Crippen LogP contribution in [0, 0.1) is 5.92 Å². The number of carbonyl (C=O) groups excluding carboxylic acids is 1. The Hall–Kier alpha value is -1.81. The molecule has 1 aromatic rings. The zero-order valence-corrected chi connectivity index (χ0v) is 11.0. The number of ether oxygens (including phenoxy) is 1. The maximum absolute atomic E-state index is 12.0. The van der Waals surface area contributed by atoms with Crippen molar-refractivity contribution in [2.24, 2.45) is 5.92 Å². The highest BCUT2D eigenvalue weighted by Crippen LogP contribution is 2.18. The van der Waals surface area contributed by atoms with Gasteiger partial charge in [0.1, 0.15) is 5.75 Å². The topological polar surface area (TPSA) is 58.6 Å². The van der Waals surface area contributed by atoms with Crippen molar-refractivity contribution < 1.29 is 14.6 Å². The molecule has 0 unspecified atom stereocenters. The van der Waals surface area contributed by atoms with Crippen molar-refractivity contribution in [2.45, 2.75) is 19.4 Å². The van der Waals surface area contributed by atoms with Gasteiger partial charge in [-0.15, -0.1) is 0 Å². The summed E-state index contributed by atoms with van der Waals surface area (Å²) in [5.74, 6) is 0.821. The summed E-state index contributed by atoms with van der Waals surface area (Å²) < 4.78 is 5.33. The van der Waals surface area contributed by atoms with E-state index in [2.05, 4.69) is 5.32 Å². The molecule has 2 N–H and O–H groups in total. The molecule has 19 heavy (non-hydrogen) atoms. The molecule has 0 radical (unpaired) electrons. The van der Waals surface area contributed by atoms with Crippen molar-refractivity contribution in [1.29, 1.82) is 0 Å². The fraction of sp³-hybridized carbons (Fsp3) is 0.400. The second-order valence-electron chi connectivity index (χ2n) is 4.60. The number of nitrogens with one attached hydrogen (secondary N) is 1. The molecule has 4 heteroatoms. The summed E-state index contributed by atoms with van der Waals surface area (Å²) in [6.07, 6.45) is 4.65. The van der Waals surface area contributed by atoms with Crippen LogP contribution in [0.1, 0.15) is 23.7 Å². The van der Waals surface area contributed by atoms with Crippen LogP contribution in [0.25, 0.3) is 0 Å². The highest BCUT2D eigenvalue weighted by atomic mass is 16.5. The predicted molar refractivity (Wildman–Crippen MR) is 73.2 cm³/mol. The first-order chi connectivity index (χ1) is 9.22. The molecule has 1 aromatic carbocycles. The van der Waals surface area contributed by atoms with E-state index in [0.29, 0.717) is 12.2 Å². The Bertz CT molecular complexity index is 453. The molecular formula is C15H19NO3. The lowest BCUT2D eigenvalue weighted by Gasteiger charge is -2.13. The molecular weight excluding hydrogens is 242 g/mol. The van der Waals surface area contributed by atoms with Crippen molar-refractivity contribution in [2.75, 3.05) is 13.2 Å². The van der Waals surface area contributed by atoms with Crippen molar-refractivity contribution in [1.82, 2.24) is 5.32 Å². The largest absolute Gasteiger partial charge is 0.494 e. The van der Waals surface area contributed by atoms with Gasteiger partial charge in [-0.25, -0.2) is 0 Å². The first-order valence-corrected chi connectivity index (χ1v) is 6.56. The van der Waals surface area contributed by atoms with Gasteiger partial charge >= 0.3 is 0 Å². The van der Waals surface area contributed by atoms with Crippen LogP contribution in [0.2, 0.25) is 0 Å². The van der Waals surface area contributed by atoms with E-state index in [1.165, 1.54) is 0 Å². The van der Waals surface area contributed by atoms with Gasteiger partial charge < -0.3 is 15.2 Å². The van der Waals surface area contributed by atoms with Crippen molar-refractivity contribution >= 4 is 5.91 Å². The molecule has 0 aliphatic heterocycles. The number of amides is 1. The molecule has 0 aromatic heterocycles. The second-order valence-corrected chi connectivity index (χ2v) is 4.60. The second kappa shape index (κ2) is 6.38. The van der Waals surface area contributed by atoms with Gasteiger partial charge in [-0.05, 0) is 37.6 Å². The summed E-state index contributed by atoms with van der Waals surface area (Å²) >= 11 is 0. The number of aliphatic hydroxyl groups excluding tert-OH is 1. The molecule has 1 aliphatic carbocycles. The van der Waals surface area contributed by atoms with Crippen molar-refractivity contribution in [3.63, 3.8) is 0 Å². The van der Waals surface area contributed by atoms with E-state index in [9.17, 15) is 4.79 Å². The van der Waals surface area contributed by atoms with E-state index in [1.807, 2.05) is 19.1 Å². The third kappa shape index (κ3) is 3.58. The lowest BCUT2D eigenvalue weighted by atomic mass is 10.1. The summed E-state index contributed by atoms with van der Waals surface area (Å²) in [5.41, 5.74) is 0.615. The molecule has 2 rings (SSSR count). The van der Waals surface area contributed by atoms with Crippen LogP contribution < -0.4 is 10.1 Å². The van der Waals surface area contributed by atoms with Crippen LogP contribution in [0.4, 0.5) is 0 Å². The Kier molecular flexibility index (Phi) is 4.58. The lowest BCUT2D eigenvalue weighted by Crippen LogP contribution is -2.32. The molecule has 1 amide bonds. The fourth-order valence-electron chi connectivity index (χ4n) is 2.14. The zero-order valence-electron chi connectivity index (χ0n) is 11.0. The van der Waals surface area contributed by atoms with E-state index in [1.54, 1.807) is 24.3 Å². The molecule has 102 valence electrons. The Morgan fingerprint density at radius 1 is 1.37 bits per heavy atom. The molecule has 0 heterocycles. The lowest BCUT2D eigenvalue weighted by molar-refractivity contribution is 0.0941. The maximum atomic E-state index is 12.0. The van der Waals surface area contributed by atoms with Crippen LogP contribution >= 0.6 is 0 Å². The summed E-state index contributed by atoms with van der Waals surface area (Å²) in [6, 6.07) is 7.10.